The molecule has 45 heavy (non-hydrogen) atoms. The minimum Gasteiger partial charge on any atom is -0.497 e. The van der Waals surface area contributed by atoms with Crippen molar-refractivity contribution in [1.29, 1.82) is 0 Å². The van der Waals surface area contributed by atoms with Crippen molar-refractivity contribution in [1.82, 2.24) is 4.98 Å². The van der Waals surface area contributed by atoms with E-state index in [0.29, 0.717) is 33.1 Å². The van der Waals surface area contributed by atoms with Crippen LogP contribution in [0.5, 0.6) is 5.75 Å². The fraction of sp³-hybridized carbons (Fsp3) is 0.103. The number of fused-ring (bicyclic) bond motifs is 2. The Morgan fingerprint density at radius 2 is 1.51 bits per heavy atom. The Bertz CT molecular complexity index is 2110. The van der Waals surface area contributed by atoms with E-state index in [1.807, 2.05) is 123 Å². The van der Waals surface area contributed by atoms with E-state index in [2.05, 4.69) is 4.98 Å². The molecule has 0 fully saturated rings. The van der Waals surface area contributed by atoms with Crippen LogP contribution in [-0.2, 0) is 11.3 Å². The lowest BCUT2D eigenvalue weighted by Crippen LogP contribution is -2.08. The van der Waals surface area contributed by atoms with Gasteiger partial charge in [-0.05, 0) is 89.2 Å². The van der Waals surface area contributed by atoms with E-state index in [9.17, 15) is 14.7 Å². The van der Waals surface area contributed by atoms with Crippen LogP contribution >= 0.6 is 0 Å². The molecule has 6 heteroatoms. The molecule has 0 spiro atoms. The number of methoxy groups -OCH3 is 1. The zero-order valence-electron chi connectivity index (χ0n) is 25.2. The van der Waals surface area contributed by atoms with E-state index in [0.717, 1.165) is 38.9 Å². The highest BCUT2D eigenvalue weighted by molar-refractivity contribution is 6.14. The van der Waals surface area contributed by atoms with Gasteiger partial charge in [-0.1, -0.05) is 78.9 Å². The first-order valence-electron chi connectivity index (χ1n) is 14.6. The van der Waals surface area contributed by atoms with E-state index >= 15 is 0 Å². The summed E-state index contributed by atoms with van der Waals surface area (Å²) in [6.45, 7) is 4.14. The topological polar surface area (TPSA) is 85.7 Å². The summed E-state index contributed by atoms with van der Waals surface area (Å²) in [5.41, 5.74) is 8.46. The monoisotopic (exact) mass is 593 g/mol. The van der Waals surface area contributed by atoms with Crippen LogP contribution < -0.4 is 4.74 Å². The summed E-state index contributed by atoms with van der Waals surface area (Å²) in [5.74, 6) is -0.646. The zero-order chi connectivity index (χ0) is 31.5. The van der Waals surface area contributed by atoms with Gasteiger partial charge in [-0.25, -0.2) is 14.6 Å². The number of ether oxygens (including phenoxy) is 2. The van der Waals surface area contributed by atoms with Crippen molar-refractivity contribution in [2.45, 2.75) is 20.5 Å². The second-order valence-electron chi connectivity index (χ2n) is 10.8. The minimum absolute atomic E-state index is 0.208. The lowest BCUT2D eigenvalue weighted by atomic mass is 9.90. The maximum Gasteiger partial charge on any atom is 0.338 e. The Morgan fingerprint density at radius 1 is 0.756 bits per heavy atom. The van der Waals surface area contributed by atoms with Crippen molar-refractivity contribution in [2.75, 3.05) is 7.11 Å². The average molecular weight is 594 g/mol. The smallest absolute Gasteiger partial charge is 0.338 e. The Morgan fingerprint density at radius 3 is 2.29 bits per heavy atom. The quantitative estimate of drug-likeness (QED) is 0.108. The number of pyridine rings is 1. The number of carbonyl (C=O) groups excluding carboxylic acids is 1. The third-order valence-corrected chi connectivity index (χ3v) is 8.14. The standard InChI is InChI=1S/C39H31NO5/c1-24-25(2)31(39(43)45-23-27-9-5-4-6-10-27)19-18-30(24)33-22-29(44-3)17-16-28(33)15-13-26-14-20-36-34(21-26)37(38(41)42)32-11-7-8-12-35(32)40-36/h4-22H,23H2,1-3H3,(H,41,42). The van der Waals surface area contributed by atoms with Gasteiger partial charge in [0.15, 0.2) is 0 Å². The first-order chi connectivity index (χ1) is 21.8. The van der Waals surface area contributed by atoms with Crippen LogP contribution in [0.2, 0.25) is 0 Å². The molecule has 0 atom stereocenters. The second-order valence-corrected chi connectivity index (χ2v) is 10.8. The van der Waals surface area contributed by atoms with Crippen molar-refractivity contribution in [2.24, 2.45) is 0 Å². The van der Waals surface area contributed by atoms with Gasteiger partial charge < -0.3 is 14.6 Å². The number of aromatic carboxylic acids is 1. The highest BCUT2D eigenvalue weighted by atomic mass is 16.5. The van der Waals surface area contributed by atoms with Gasteiger partial charge in [-0.3, -0.25) is 0 Å². The Hall–Kier alpha value is -5.75. The molecule has 6 aromatic rings. The van der Waals surface area contributed by atoms with E-state index in [4.69, 9.17) is 9.47 Å². The van der Waals surface area contributed by atoms with Gasteiger partial charge in [-0.15, -0.1) is 0 Å². The summed E-state index contributed by atoms with van der Waals surface area (Å²) in [6, 6.07) is 32.2. The summed E-state index contributed by atoms with van der Waals surface area (Å²) >= 11 is 0. The molecular formula is C39H31NO5. The molecule has 0 radical (unpaired) electrons. The van der Waals surface area contributed by atoms with Crippen LogP contribution in [0.25, 0.3) is 45.1 Å². The van der Waals surface area contributed by atoms with Crippen molar-refractivity contribution in [3.05, 3.63) is 142 Å². The second kappa shape index (κ2) is 12.5. The summed E-state index contributed by atoms with van der Waals surface area (Å²) in [7, 11) is 1.63. The summed E-state index contributed by atoms with van der Waals surface area (Å²) in [5, 5.41) is 11.3. The number of para-hydroxylation sites is 1. The number of aromatic nitrogens is 1. The van der Waals surface area contributed by atoms with Gasteiger partial charge >= 0.3 is 11.9 Å². The summed E-state index contributed by atoms with van der Waals surface area (Å²) in [6.07, 6.45) is 3.96. The van der Waals surface area contributed by atoms with Crippen molar-refractivity contribution in [3.63, 3.8) is 0 Å². The fourth-order valence-electron chi connectivity index (χ4n) is 5.60. The van der Waals surface area contributed by atoms with Gasteiger partial charge in [0.25, 0.3) is 0 Å². The Kier molecular flexibility index (Phi) is 8.12. The largest absolute Gasteiger partial charge is 0.497 e. The molecule has 0 aliphatic rings. The number of nitrogens with zero attached hydrogens (tertiary/aromatic N) is 1. The molecule has 0 bridgehead atoms. The third-order valence-electron chi connectivity index (χ3n) is 8.14. The molecular weight excluding hydrogens is 562 g/mol. The van der Waals surface area contributed by atoms with Crippen molar-refractivity contribution in [3.8, 4) is 16.9 Å². The molecule has 0 aliphatic heterocycles. The molecule has 0 unspecified atom stereocenters. The minimum atomic E-state index is -0.990. The summed E-state index contributed by atoms with van der Waals surface area (Å²) < 4.78 is 11.2. The number of benzene rings is 5. The molecule has 0 saturated heterocycles. The van der Waals surface area contributed by atoms with Crippen molar-refractivity contribution >= 4 is 45.9 Å². The molecule has 5 aromatic carbocycles. The predicted octanol–water partition coefficient (Wildman–Crippen LogP) is 8.91. The van der Waals surface area contributed by atoms with E-state index in [1.54, 1.807) is 13.2 Å². The number of hydrogen-bond donors (Lipinski definition) is 1. The number of carbonyl (C=O) groups is 2. The first-order valence-corrected chi connectivity index (χ1v) is 14.6. The molecule has 6 nitrogen and oxygen atoms in total. The summed E-state index contributed by atoms with van der Waals surface area (Å²) in [4.78, 5) is 30.0. The predicted molar refractivity (Wildman–Crippen MR) is 179 cm³/mol. The molecule has 1 aromatic heterocycles. The number of esters is 1. The normalized spacial score (nSPS) is 11.3. The molecule has 1 heterocycles. The number of hydrogen-bond acceptors (Lipinski definition) is 5. The molecule has 222 valence electrons. The lowest BCUT2D eigenvalue weighted by molar-refractivity contribution is 0.0471. The molecule has 1 N–H and O–H groups in total. The van der Waals surface area contributed by atoms with Crippen LogP contribution in [0, 0.1) is 13.8 Å². The first kappa shape index (κ1) is 29.3. The third kappa shape index (κ3) is 5.91. The van der Waals surface area contributed by atoms with Gasteiger partial charge in [0.2, 0.25) is 0 Å². The molecule has 0 saturated carbocycles. The van der Waals surface area contributed by atoms with Gasteiger partial charge in [0.05, 0.1) is 29.3 Å². The number of carboxylic acid groups (broad SMARTS) is 1. The molecule has 0 aliphatic carbocycles. The molecule has 6 rings (SSSR count). The van der Waals surface area contributed by atoms with Gasteiger partial charge in [-0.2, -0.15) is 0 Å². The molecule has 0 amide bonds. The highest BCUT2D eigenvalue weighted by Gasteiger charge is 2.18. The van der Waals surface area contributed by atoms with Crippen LogP contribution in [0.15, 0.2) is 103 Å². The lowest BCUT2D eigenvalue weighted by Gasteiger charge is -2.16. The van der Waals surface area contributed by atoms with Crippen molar-refractivity contribution < 1.29 is 24.2 Å². The maximum atomic E-state index is 13.0. The number of carboxylic acids is 1. The van der Waals surface area contributed by atoms with Crippen LogP contribution in [0.1, 0.15) is 48.5 Å². The van der Waals surface area contributed by atoms with E-state index < -0.39 is 5.97 Å². The van der Waals surface area contributed by atoms with Crippen LogP contribution in [0.3, 0.4) is 0 Å². The zero-order valence-corrected chi connectivity index (χ0v) is 25.2. The maximum absolute atomic E-state index is 13.0. The van der Waals surface area contributed by atoms with Gasteiger partial charge in [0.1, 0.15) is 12.4 Å². The average Bonchev–Trinajstić information content (AvgIpc) is 3.06. The Balaban J connectivity index is 1.35. The Labute approximate surface area is 261 Å². The van der Waals surface area contributed by atoms with Crippen LogP contribution in [-0.4, -0.2) is 29.1 Å². The number of rotatable bonds is 8. The van der Waals surface area contributed by atoms with E-state index in [-0.39, 0.29) is 18.1 Å². The van der Waals surface area contributed by atoms with Gasteiger partial charge in [0, 0.05) is 10.8 Å². The highest BCUT2D eigenvalue weighted by Crippen LogP contribution is 2.35. The van der Waals surface area contributed by atoms with E-state index in [1.165, 1.54) is 0 Å². The SMILES string of the molecule is COc1ccc(C=Cc2ccc3nc4ccccc4c(C(=O)O)c3c2)c(-c2ccc(C(=O)OCc3ccccc3)c(C)c2C)c1. The fourth-order valence-corrected chi connectivity index (χ4v) is 5.60. The van der Waals surface area contributed by atoms with Crippen LogP contribution in [0.4, 0.5) is 0 Å².